The zero-order valence-electron chi connectivity index (χ0n) is 14.6. The molecule has 1 heterocycles. The molecule has 1 amide bonds. The highest BCUT2D eigenvalue weighted by atomic mass is 16.5. The highest BCUT2D eigenvalue weighted by molar-refractivity contribution is 5.78. The van der Waals surface area contributed by atoms with Crippen molar-refractivity contribution in [3.63, 3.8) is 0 Å². The fourth-order valence-corrected chi connectivity index (χ4v) is 3.93. The Morgan fingerprint density at radius 2 is 2.08 bits per heavy atom. The molecule has 1 saturated heterocycles. The Kier molecular flexibility index (Phi) is 5.87. The first-order valence-corrected chi connectivity index (χ1v) is 9.12. The fourth-order valence-electron chi connectivity index (χ4n) is 3.93. The number of ether oxygens (including phenoxy) is 1. The van der Waals surface area contributed by atoms with Crippen LogP contribution >= 0.6 is 0 Å². The molecule has 0 spiro atoms. The van der Waals surface area contributed by atoms with Crippen LogP contribution in [-0.4, -0.2) is 37.2 Å². The van der Waals surface area contributed by atoms with E-state index in [4.69, 9.17) is 4.74 Å². The summed E-state index contributed by atoms with van der Waals surface area (Å²) in [6.45, 7) is 5.40. The van der Waals surface area contributed by atoms with Crippen molar-refractivity contribution >= 4 is 5.91 Å². The summed E-state index contributed by atoms with van der Waals surface area (Å²) in [7, 11) is 0. The number of hydrogen-bond donors (Lipinski definition) is 3. The first kappa shape index (κ1) is 17.4. The predicted molar refractivity (Wildman–Crippen MR) is 94.6 cm³/mol. The van der Waals surface area contributed by atoms with E-state index in [9.17, 15) is 4.79 Å². The number of hydrogen-bond acceptors (Lipinski definition) is 4. The van der Waals surface area contributed by atoms with Crippen molar-refractivity contribution in [2.24, 2.45) is 0 Å². The standard InChI is InChI=1S/C19H29N3O2/c1-2-24-14-16-7-5-15(6-8-16)12-21-18(23)13-22-19-9-3-4-17(19)20-11-10-19/h5-8,17,20,22H,2-4,9-14H2,1H3,(H,21,23). The molecule has 1 aliphatic carbocycles. The van der Waals surface area contributed by atoms with Gasteiger partial charge in [0, 0.05) is 24.7 Å². The van der Waals surface area contributed by atoms with Crippen LogP contribution in [0.3, 0.4) is 0 Å². The monoisotopic (exact) mass is 331 g/mol. The molecule has 0 aromatic heterocycles. The van der Waals surface area contributed by atoms with Gasteiger partial charge < -0.3 is 20.7 Å². The minimum Gasteiger partial charge on any atom is -0.377 e. The number of carbonyl (C=O) groups is 1. The molecule has 0 radical (unpaired) electrons. The van der Waals surface area contributed by atoms with Crippen molar-refractivity contribution in [1.29, 1.82) is 0 Å². The van der Waals surface area contributed by atoms with Crippen molar-refractivity contribution in [2.45, 2.75) is 57.3 Å². The summed E-state index contributed by atoms with van der Waals surface area (Å²) in [6, 6.07) is 8.76. The molecule has 0 bridgehead atoms. The van der Waals surface area contributed by atoms with Gasteiger partial charge in [-0.3, -0.25) is 4.79 Å². The van der Waals surface area contributed by atoms with E-state index in [1.165, 1.54) is 19.3 Å². The van der Waals surface area contributed by atoms with Gasteiger partial charge in [0.25, 0.3) is 0 Å². The van der Waals surface area contributed by atoms with Crippen LogP contribution in [0.2, 0.25) is 0 Å². The van der Waals surface area contributed by atoms with Crippen molar-refractivity contribution in [1.82, 2.24) is 16.0 Å². The average molecular weight is 331 g/mol. The highest BCUT2D eigenvalue weighted by Crippen LogP contribution is 2.36. The molecule has 2 fully saturated rings. The Balaban J connectivity index is 1.41. The van der Waals surface area contributed by atoms with E-state index in [0.717, 1.165) is 30.7 Å². The van der Waals surface area contributed by atoms with E-state index >= 15 is 0 Å². The Morgan fingerprint density at radius 1 is 1.29 bits per heavy atom. The van der Waals surface area contributed by atoms with Gasteiger partial charge in [0.05, 0.1) is 13.2 Å². The second-order valence-electron chi connectivity index (χ2n) is 6.89. The molecule has 3 N–H and O–H groups in total. The summed E-state index contributed by atoms with van der Waals surface area (Å²) in [4.78, 5) is 12.2. The van der Waals surface area contributed by atoms with E-state index in [1.54, 1.807) is 0 Å². The van der Waals surface area contributed by atoms with Crippen LogP contribution < -0.4 is 16.0 Å². The fraction of sp³-hybridized carbons (Fsp3) is 0.632. The molecule has 1 aliphatic heterocycles. The topological polar surface area (TPSA) is 62.4 Å². The molecular weight excluding hydrogens is 302 g/mol. The molecule has 2 atom stereocenters. The molecule has 2 unspecified atom stereocenters. The number of amides is 1. The van der Waals surface area contributed by atoms with Crippen LogP contribution in [0.25, 0.3) is 0 Å². The largest absolute Gasteiger partial charge is 0.377 e. The lowest BCUT2D eigenvalue weighted by atomic mass is 9.93. The normalized spacial score (nSPS) is 25.6. The predicted octanol–water partition coefficient (Wildman–Crippen LogP) is 1.71. The minimum absolute atomic E-state index is 0.0697. The van der Waals surface area contributed by atoms with Crippen LogP contribution in [0.5, 0.6) is 0 Å². The first-order valence-electron chi connectivity index (χ1n) is 9.12. The van der Waals surface area contributed by atoms with Crippen LogP contribution in [0, 0.1) is 0 Å². The van der Waals surface area contributed by atoms with Crippen molar-refractivity contribution in [2.75, 3.05) is 19.7 Å². The molecule has 5 nitrogen and oxygen atoms in total. The van der Waals surface area contributed by atoms with Gasteiger partial charge in [-0.2, -0.15) is 0 Å². The maximum atomic E-state index is 12.2. The van der Waals surface area contributed by atoms with Crippen LogP contribution in [-0.2, 0) is 22.7 Å². The summed E-state index contributed by atoms with van der Waals surface area (Å²) >= 11 is 0. The minimum atomic E-state index is 0.0697. The summed E-state index contributed by atoms with van der Waals surface area (Å²) in [5.41, 5.74) is 2.43. The number of nitrogens with one attached hydrogen (secondary N) is 3. The zero-order chi connectivity index (χ0) is 16.8. The molecule has 3 rings (SSSR count). The summed E-state index contributed by atoms with van der Waals surface area (Å²) in [5, 5.41) is 10.1. The third-order valence-corrected chi connectivity index (χ3v) is 5.33. The van der Waals surface area contributed by atoms with Gasteiger partial charge in [0.2, 0.25) is 5.91 Å². The van der Waals surface area contributed by atoms with Crippen LogP contribution in [0.4, 0.5) is 0 Å². The Bertz CT molecular complexity index is 534. The maximum absolute atomic E-state index is 12.2. The molecule has 2 aliphatic rings. The quantitative estimate of drug-likeness (QED) is 0.679. The lowest BCUT2D eigenvalue weighted by Gasteiger charge is -2.30. The molecule has 1 saturated carbocycles. The number of carbonyl (C=O) groups excluding carboxylic acids is 1. The zero-order valence-corrected chi connectivity index (χ0v) is 14.6. The second kappa shape index (κ2) is 8.10. The van der Waals surface area contributed by atoms with Gasteiger partial charge in [0.1, 0.15) is 0 Å². The van der Waals surface area contributed by atoms with Crippen molar-refractivity contribution in [3.8, 4) is 0 Å². The first-order chi connectivity index (χ1) is 11.7. The molecule has 1 aromatic carbocycles. The number of rotatable bonds is 8. The highest BCUT2D eigenvalue weighted by Gasteiger charge is 2.45. The third-order valence-electron chi connectivity index (χ3n) is 5.33. The molecule has 24 heavy (non-hydrogen) atoms. The van der Waals surface area contributed by atoms with E-state index < -0.39 is 0 Å². The lowest BCUT2D eigenvalue weighted by molar-refractivity contribution is -0.120. The number of benzene rings is 1. The van der Waals surface area contributed by atoms with Crippen LogP contribution in [0.15, 0.2) is 24.3 Å². The molecule has 5 heteroatoms. The Hall–Kier alpha value is -1.43. The van der Waals surface area contributed by atoms with Gasteiger partial charge in [-0.15, -0.1) is 0 Å². The number of fused-ring (bicyclic) bond motifs is 1. The smallest absolute Gasteiger partial charge is 0.234 e. The van der Waals surface area contributed by atoms with E-state index in [0.29, 0.717) is 25.7 Å². The van der Waals surface area contributed by atoms with E-state index in [-0.39, 0.29) is 11.4 Å². The maximum Gasteiger partial charge on any atom is 0.234 e. The summed E-state index contributed by atoms with van der Waals surface area (Å²) in [5.74, 6) is 0.0697. The van der Waals surface area contributed by atoms with Crippen molar-refractivity contribution < 1.29 is 9.53 Å². The molecule has 1 aromatic rings. The molecule has 132 valence electrons. The van der Waals surface area contributed by atoms with Crippen molar-refractivity contribution in [3.05, 3.63) is 35.4 Å². The van der Waals surface area contributed by atoms with Crippen LogP contribution in [0.1, 0.15) is 43.7 Å². The van der Waals surface area contributed by atoms with Gasteiger partial charge >= 0.3 is 0 Å². The average Bonchev–Trinajstić information content (AvgIpc) is 3.17. The Labute approximate surface area is 144 Å². The lowest BCUT2D eigenvalue weighted by Crippen LogP contribution is -2.53. The molecular formula is C19H29N3O2. The third kappa shape index (κ3) is 4.15. The van der Waals surface area contributed by atoms with E-state index in [1.807, 2.05) is 6.92 Å². The summed E-state index contributed by atoms with van der Waals surface area (Å²) < 4.78 is 5.39. The second-order valence-corrected chi connectivity index (χ2v) is 6.89. The van der Waals surface area contributed by atoms with Gasteiger partial charge in [-0.05, 0) is 50.3 Å². The Morgan fingerprint density at radius 3 is 2.88 bits per heavy atom. The summed E-state index contributed by atoms with van der Waals surface area (Å²) in [6.07, 6.45) is 4.79. The van der Waals surface area contributed by atoms with E-state index in [2.05, 4.69) is 40.2 Å². The van der Waals surface area contributed by atoms with Gasteiger partial charge in [-0.25, -0.2) is 0 Å². The van der Waals surface area contributed by atoms with Gasteiger partial charge in [0.15, 0.2) is 0 Å². The van der Waals surface area contributed by atoms with Gasteiger partial charge in [-0.1, -0.05) is 24.3 Å². The SMILES string of the molecule is CCOCc1ccc(CNC(=O)CNC23CCCC2NCC3)cc1.